The van der Waals surface area contributed by atoms with Crippen LogP contribution in [0.5, 0.6) is 0 Å². The van der Waals surface area contributed by atoms with Crippen molar-refractivity contribution in [1.29, 1.82) is 0 Å². The van der Waals surface area contributed by atoms with Crippen LogP contribution in [0.15, 0.2) is 35.5 Å². The molecule has 154 valence electrons. The normalized spacial score (nSPS) is 14.7. The summed E-state index contributed by atoms with van der Waals surface area (Å²) in [5, 5.41) is 3.37. The molecule has 2 heterocycles. The monoisotopic (exact) mass is 417 g/mol. The highest BCUT2D eigenvalue weighted by molar-refractivity contribution is 7.99. The lowest BCUT2D eigenvalue weighted by atomic mass is 10.3. The Morgan fingerprint density at radius 3 is 2.31 bits per heavy atom. The van der Waals surface area contributed by atoms with E-state index in [-0.39, 0.29) is 24.2 Å². The minimum Gasteiger partial charge on any atom is -0.339 e. The zero-order valence-corrected chi connectivity index (χ0v) is 17.3. The number of thioether (sulfide) groups is 1. The van der Waals surface area contributed by atoms with Crippen LogP contribution in [0, 0.1) is 19.7 Å². The molecule has 0 bridgehead atoms. The number of hydrogen-bond acceptors (Lipinski definition) is 6. The molecular weight excluding hydrogens is 393 g/mol. The first-order valence-corrected chi connectivity index (χ1v) is 10.4. The molecule has 0 saturated carbocycles. The zero-order valence-electron chi connectivity index (χ0n) is 16.5. The fourth-order valence-corrected chi connectivity index (χ4v) is 3.92. The van der Waals surface area contributed by atoms with Gasteiger partial charge in [0.2, 0.25) is 11.8 Å². The molecule has 29 heavy (non-hydrogen) atoms. The maximum absolute atomic E-state index is 12.9. The van der Waals surface area contributed by atoms with E-state index >= 15 is 0 Å². The van der Waals surface area contributed by atoms with Crippen molar-refractivity contribution >= 4 is 29.3 Å². The molecule has 7 nitrogen and oxygen atoms in total. The van der Waals surface area contributed by atoms with Crippen LogP contribution in [0.2, 0.25) is 0 Å². The van der Waals surface area contributed by atoms with Crippen molar-refractivity contribution in [3.05, 3.63) is 47.5 Å². The summed E-state index contributed by atoms with van der Waals surface area (Å²) in [7, 11) is 0. The number of nitrogens with one attached hydrogen (secondary N) is 1. The number of benzene rings is 1. The van der Waals surface area contributed by atoms with Crippen LogP contribution in [0.25, 0.3) is 0 Å². The van der Waals surface area contributed by atoms with Gasteiger partial charge in [-0.25, -0.2) is 14.4 Å². The molecule has 3 rings (SSSR count). The van der Waals surface area contributed by atoms with Crippen LogP contribution in [0.4, 0.5) is 10.1 Å². The SMILES string of the molecule is Cc1cc(C)nc(SCC(=O)N2CCN(CC(=O)Nc3ccc(F)cc3)CC2)n1. The van der Waals surface area contributed by atoms with Crippen molar-refractivity contribution in [1.82, 2.24) is 19.8 Å². The van der Waals surface area contributed by atoms with Gasteiger partial charge >= 0.3 is 0 Å². The Labute approximate surface area is 173 Å². The lowest BCUT2D eigenvalue weighted by Gasteiger charge is -2.34. The lowest BCUT2D eigenvalue weighted by Crippen LogP contribution is -2.50. The summed E-state index contributed by atoms with van der Waals surface area (Å²) in [6.07, 6.45) is 0. The predicted octanol–water partition coefficient (Wildman–Crippen LogP) is 2.11. The molecular formula is C20H24FN5O2S. The topological polar surface area (TPSA) is 78.4 Å². The number of anilines is 1. The third-order valence-corrected chi connectivity index (χ3v) is 5.34. The fourth-order valence-electron chi connectivity index (χ4n) is 3.07. The number of nitrogens with zero attached hydrogens (tertiary/aromatic N) is 4. The second-order valence-electron chi connectivity index (χ2n) is 6.93. The van der Waals surface area contributed by atoms with E-state index in [4.69, 9.17) is 0 Å². The van der Waals surface area contributed by atoms with Gasteiger partial charge in [-0.05, 0) is 44.2 Å². The molecule has 1 saturated heterocycles. The van der Waals surface area contributed by atoms with Gasteiger partial charge in [-0.2, -0.15) is 0 Å². The Hall–Kier alpha value is -2.52. The van der Waals surface area contributed by atoms with Crippen LogP contribution in [0.3, 0.4) is 0 Å². The number of piperazine rings is 1. The van der Waals surface area contributed by atoms with Crippen molar-refractivity contribution < 1.29 is 14.0 Å². The number of carbonyl (C=O) groups is 2. The van der Waals surface area contributed by atoms with E-state index in [9.17, 15) is 14.0 Å². The van der Waals surface area contributed by atoms with Crippen molar-refractivity contribution in [2.45, 2.75) is 19.0 Å². The van der Waals surface area contributed by atoms with Crippen LogP contribution in [0.1, 0.15) is 11.4 Å². The smallest absolute Gasteiger partial charge is 0.238 e. The standard InChI is InChI=1S/C20H24FN5O2S/c1-14-11-15(2)23-20(22-14)29-13-19(28)26-9-7-25(8-10-26)12-18(27)24-17-5-3-16(21)4-6-17/h3-6,11H,7-10,12-13H2,1-2H3,(H,24,27). The van der Waals surface area contributed by atoms with Gasteiger partial charge in [0, 0.05) is 43.3 Å². The quantitative estimate of drug-likeness (QED) is 0.573. The molecule has 1 aliphatic rings. The number of halogens is 1. The van der Waals surface area contributed by atoms with Crippen LogP contribution < -0.4 is 5.32 Å². The lowest BCUT2D eigenvalue weighted by molar-refractivity contribution is -0.130. The number of aromatic nitrogens is 2. The maximum Gasteiger partial charge on any atom is 0.238 e. The molecule has 1 N–H and O–H groups in total. The van der Waals surface area contributed by atoms with Crippen molar-refractivity contribution in [2.24, 2.45) is 0 Å². The third-order valence-electron chi connectivity index (χ3n) is 4.51. The van der Waals surface area contributed by atoms with Crippen LogP contribution in [-0.2, 0) is 9.59 Å². The van der Waals surface area contributed by atoms with E-state index < -0.39 is 0 Å². The number of amides is 2. The number of hydrogen-bond donors (Lipinski definition) is 1. The number of rotatable bonds is 6. The summed E-state index contributed by atoms with van der Waals surface area (Å²) in [4.78, 5) is 37.1. The van der Waals surface area contributed by atoms with Gasteiger partial charge in [0.25, 0.3) is 0 Å². The van der Waals surface area contributed by atoms with Gasteiger partial charge in [-0.1, -0.05) is 11.8 Å². The average molecular weight is 418 g/mol. The molecule has 1 aromatic heterocycles. The summed E-state index contributed by atoms with van der Waals surface area (Å²) in [5.41, 5.74) is 2.34. The summed E-state index contributed by atoms with van der Waals surface area (Å²) >= 11 is 1.35. The highest BCUT2D eigenvalue weighted by atomic mass is 32.2. The first kappa shape index (κ1) is 21.2. The van der Waals surface area contributed by atoms with E-state index in [2.05, 4.69) is 15.3 Å². The van der Waals surface area contributed by atoms with Gasteiger partial charge in [-0.3, -0.25) is 14.5 Å². The van der Waals surface area contributed by atoms with E-state index in [1.54, 1.807) is 0 Å². The van der Waals surface area contributed by atoms with Gasteiger partial charge in [0.05, 0.1) is 12.3 Å². The molecule has 1 fully saturated rings. The summed E-state index contributed by atoms with van der Waals surface area (Å²) < 4.78 is 12.9. The Balaban J connectivity index is 1.40. The molecule has 0 atom stereocenters. The van der Waals surface area contributed by atoms with Gasteiger partial charge in [0.1, 0.15) is 5.82 Å². The average Bonchev–Trinajstić information content (AvgIpc) is 2.68. The maximum atomic E-state index is 12.9. The molecule has 1 aliphatic heterocycles. The number of aryl methyl sites for hydroxylation is 2. The Bertz CT molecular complexity index is 849. The minimum absolute atomic E-state index is 0.0492. The Morgan fingerprint density at radius 1 is 1.07 bits per heavy atom. The van der Waals surface area contributed by atoms with Crippen molar-refractivity contribution in [3.8, 4) is 0 Å². The Morgan fingerprint density at radius 2 is 1.69 bits per heavy atom. The van der Waals surface area contributed by atoms with E-state index in [0.29, 0.717) is 42.8 Å². The molecule has 2 aromatic rings. The molecule has 0 unspecified atom stereocenters. The molecule has 9 heteroatoms. The molecule has 1 aromatic carbocycles. The number of carbonyl (C=O) groups excluding carboxylic acids is 2. The minimum atomic E-state index is -0.342. The van der Waals surface area contributed by atoms with E-state index in [1.807, 2.05) is 29.7 Å². The van der Waals surface area contributed by atoms with Gasteiger partial charge in [-0.15, -0.1) is 0 Å². The van der Waals surface area contributed by atoms with Gasteiger partial charge < -0.3 is 10.2 Å². The fraction of sp³-hybridized carbons (Fsp3) is 0.400. The zero-order chi connectivity index (χ0) is 20.8. The Kier molecular flexibility index (Phi) is 7.16. The first-order chi connectivity index (χ1) is 13.9. The van der Waals surface area contributed by atoms with E-state index in [1.165, 1.54) is 36.0 Å². The largest absolute Gasteiger partial charge is 0.339 e. The summed E-state index contributed by atoms with van der Waals surface area (Å²) in [6, 6.07) is 7.57. The van der Waals surface area contributed by atoms with Crippen molar-refractivity contribution in [3.63, 3.8) is 0 Å². The molecule has 0 radical (unpaired) electrons. The van der Waals surface area contributed by atoms with Crippen molar-refractivity contribution in [2.75, 3.05) is 43.8 Å². The third kappa shape index (κ3) is 6.50. The van der Waals surface area contributed by atoms with E-state index in [0.717, 1.165) is 11.4 Å². The van der Waals surface area contributed by atoms with Crippen LogP contribution in [-0.4, -0.2) is 70.1 Å². The summed E-state index contributed by atoms with van der Waals surface area (Å²) in [5.74, 6) is -0.147. The summed E-state index contributed by atoms with van der Waals surface area (Å²) in [6.45, 7) is 6.48. The predicted molar refractivity (Wildman–Crippen MR) is 110 cm³/mol. The highest BCUT2D eigenvalue weighted by Gasteiger charge is 2.22. The van der Waals surface area contributed by atoms with Gasteiger partial charge in [0.15, 0.2) is 5.16 Å². The second-order valence-corrected chi connectivity index (χ2v) is 7.88. The molecule has 2 amide bonds. The highest BCUT2D eigenvalue weighted by Crippen LogP contribution is 2.15. The molecule has 0 spiro atoms. The second kappa shape index (κ2) is 9.80. The molecule has 0 aliphatic carbocycles. The van der Waals surface area contributed by atoms with Crippen LogP contribution >= 0.6 is 11.8 Å². The first-order valence-electron chi connectivity index (χ1n) is 9.40.